The standard InChI is InChI=1S/C13H23N5OS/c1-3-15-13-17-11(14)10(20-13)12(19)16-7-9-5-4-6-18(2)8-9/h9H,3-8,14H2,1-2H3,(H,15,17)(H,16,19). The first-order chi connectivity index (χ1) is 9.60. The minimum atomic E-state index is -0.114. The molecule has 4 N–H and O–H groups in total. The fourth-order valence-electron chi connectivity index (χ4n) is 2.48. The Labute approximate surface area is 123 Å². The molecule has 0 aromatic carbocycles. The van der Waals surface area contributed by atoms with E-state index in [0.29, 0.717) is 28.3 Å². The molecule has 1 atom stereocenters. The molecule has 1 fully saturated rings. The Morgan fingerprint density at radius 3 is 3.10 bits per heavy atom. The van der Waals surface area contributed by atoms with Crippen LogP contribution in [0.1, 0.15) is 29.4 Å². The van der Waals surface area contributed by atoms with Crippen molar-refractivity contribution in [3.8, 4) is 0 Å². The number of nitrogens with two attached hydrogens (primary N) is 1. The molecule has 0 aliphatic carbocycles. The van der Waals surface area contributed by atoms with Gasteiger partial charge in [0.1, 0.15) is 10.7 Å². The summed E-state index contributed by atoms with van der Waals surface area (Å²) in [7, 11) is 2.12. The molecule has 0 radical (unpaired) electrons. The summed E-state index contributed by atoms with van der Waals surface area (Å²) in [4.78, 5) is 19.1. The number of carbonyl (C=O) groups is 1. The van der Waals surface area contributed by atoms with Gasteiger partial charge in [-0.05, 0) is 39.3 Å². The molecule has 2 rings (SSSR count). The van der Waals surface area contributed by atoms with Crippen molar-refractivity contribution < 1.29 is 4.79 Å². The molecule has 1 aliphatic heterocycles. The molecule has 1 aromatic rings. The number of nitrogens with one attached hydrogen (secondary N) is 2. The highest BCUT2D eigenvalue weighted by molar-refractivity contribution is 7.18. The first-order valence-electron chi connectivity index (χ1n) is 7.07. The molecular weight excluding hydrogens is 274 g/mol. The molecule has 1 saturated heterocycles. The van der Waals surface area contributed by atoms with Crippen molar-refractivity contribution in [3.63, 3.8) is 0 Å². The predicted molar refractivity (Wildman–Crippen MR) is 83.2 cm³/mol. The highest BCUT2D eigenvalue weighted by atomic mass is 32.1. The van der Waals surface area contributed by atoms with E-state index in [1.807, 2.05) is 6.92 Å². The molecule has 6 nitrogen and oxygen atoms in total. The highest BCUT2D eigenvalue weighted by Gasteiger charge is 2.20. The topological polar surface area (TPSA) is 83.3 Å². The third-order valence-corrected chi connectivity index (χ3v) is 4.49. The van der Waals surface area contributed by atoms with Crippen LogP contribution in [0.2, 0.25) is 0 Å². The SMILES string of the molecule is CCNc1nc(N)c(C(=O)NCC2CCCN(C)C2)s1. The van der Waals surface area contributed by atoms with Gasteiger partial charge in [0, 0.05) is 19.6 Å². The van der Waals surface area contributed by atoms with Crippen molar-refractivity contribution in [1.29, 1.82) is 0 Å². The lowest BCUT2D eigenvalue weighted by Gasteiger charge is -2.29. The van der Waals surface area contributed by atoms with Gasteiger partial charge < -0.3 is 21.3 Å². The van der Waals surface area contributed by atoms with Crippen molar-refractivity contribution >= 4 is 28.2 Å². The number of hydrogen-bond acceptors (Lipinski definition) is 6. The first kappa shape index (κ1) is 15.1. The van der Waals surface area contributed by atoms with Crippen LogP contribution in [-0.2, 0) is 0 Å². The zero-order chi connectivity index (χ0) is 14.5. The smallest absolute Gasteiger partial charge is 0.265 e. The van der Waals surface area contributed by atoms with Crippen LogP contribution in [-0.4, -0.2) is 49.0 Å². The number of carbonyl (C=O) groups excluding carboxylic acids is 1. The number of anilines is 2. The van der Waals surface area contributed by atoms with Crippen LogP contribution in [0.3, 0.4) is 0 Å². The average molecular weight is 297 g/mol. The molecule has 112 valence electrons. The Morgan fingerprint density at radius 2 is 2.40 bits per heavy atom. The van der Waals surface area contributed by atoms with E-state index >= 15 is 0 Å². The van der Waals surface area contributed by atoms with Gasteiger partial charge in [-0.15, -0.1) is 0 Å². The van der Waals surface area contributed by atoms with Crippen molar-refractivity contribution in [3.05, 3.63) is 4.88 Å². The lowest BCUT2D eigenvalue weighted by molar-refractivity contribution is 0.0941. The summed E-state index contributed by atoms with van der Waals surface area (Å²) in [6.45, 7) is 5.65. The zero-order valence-electron chi connectivity index (χ0n) is 12.1. The zero-order valence-corrected chi connectivity index (χ0v) is 12.9. The van der Waals surface area contributed by atoms with Crippen LogP contribution in [0.4, 0.5) is 10.9 Å². The van der Waals surface area contributed by atoms with E-state index in [1.54, 1.807) is 0 Å². The fraction of sp³-hybridized carbons (Fsp3) is 0.692. The van der Waals surface area contributed by atoms with E-state index in [2.05, 4.69) is 27.6 Å². The maximum absolute atomic E-state index is 12.1. The van der Waals surface area contributed by atoms with Gasteiger partial charge in [0.25, 0.3) is 5.91 Å². The summed E-state index contributed by atoms with van der Waals surface area (Å²) in [5.41, 5.74) is 5.79. The Balaban J connectivity index is 1.88. The molecule has 20 heavy (non-hydrogen) atoms. The Hall–Kier alpha value is -1.34. The highest BCUT2D eigenvalue weighted by Crippen LogP contribution is 2.24. The Bertz CT molecular complexity index is 462. The van der Waals surface area contributed by atoms with E-state index in [-0.39, 0.29) is 5.91 Å². The summed E-state index contributed by atoms with van der Waals surface area (Å²) in [5, 5.41) is 6.76. The van der Waals surface area contributed by atoms with Crippen LogP contribution in [0.15, 0.2) is 0 Å². The molecule has 1 unspecified atom stereocenters. The summed E-state index contributed by atoms with van der Waals surface area (Å²) >= 11 is 1.31. The van der Waals surface area contributed by atoms with E-state index < -0.39 is 0 Å². The molecule has 2 heterocycles. The minimum absolute atomic E-state index is 0.114. The maximum atomic E-state index is 12.1. The van der Waals surface area contributed by atoms with Gasteiger partial charge in [0.2, 0.25) is 0 Å². The molecule has 0 saturated carbocycles. The molecular formula is C13H23N5OS. The van der Waals surface area contributed by atoms with Gasteiger partial charge in [-0.3, -0.25) is 4.79 Å². The predicted octanol–water partition coefficient (Wildman–Crippen LogP) is 1.23. The quantitative estimate of drug-likeness (QED) is 0.761. The number of nitrogens with zero attached hydrogens (tertiary/aromatic N) is 2. The number of likely N-dealkylation sites (tertiary alicyclic amines) is 1. The van der Waals surface area contributed by atoms with Crippen molar-refractivity contribution in [2.75, 3.05) is 44.3 Å². The third kappa shape index (κ3) is 3.83. The Kier molecular flexibility index (Phi) is 5.19. The van der Waals surface area contributed by atoms with Crippen LogP contribution in [0, 0.1) is 5.92 Å². The largest absolute Gasteiger partial charge is 0.382 e. The number of aromatic nitrogens is 1. The molecule has 0 spiro atoms. The van der Waals surface area contributed by atoms with Crippen LogP contribution >= 0.6 is 11.3 Å². The van der Waals surface area contributed by atoms with Crippen LogP contribution < -0.4 is 16.4 Å². The van der Waals surface area contributed by atoms with Crippen LogP contribution in [0.5, 0.6) is 0 Å². The second kappa shape index (κ2) is 6.90. The summed E-state index contributed by atoms with van der Waals surface area (Å²) < 4.78 is 0. The Morgan fingerprint density at radius 1 is 1.60 bits per heavy atom. The number of rotatable bonds is 5. The lowest BCUT2D eigenvalue weighted by atomic mass is 9.98. The maximum Gasteiger partial charge on any atom is 0.265 e. The molecule has 1 aromatic heterocycles. The van der Waals surface area contributed by atoms with E-state index in [1.165, 1.54) is 24.2 Å². The van der Waals surface area contributed by atoms with Gasteiger partial charge in [-0.2, -0.15) is 0 Å². The van der Waals surface area contributed by atoms with Gasteiger partial charge in [-0.1, -0.05) is 11.3 Å². The molecule has 0 bridgehead atoms. The normalized spacial score (nSPS) is 19.8. The van der Waals surface area contributed by atoms with Crippen molar-refractivity contribution in [2.45, 2.75) is 19.8 Å². The lowest BCUT2D eigenvalue weighted by Crippen LogP contribution is -2.39. The van der Waals surface area contributed by atoms with Gasteiger partial charge in [0.15, 0.2) is 5.13 Å². The molecule has 1 amide bonds. The summed E-state index contributed by atoms with van der Waals surface area (Å²) in [5.74, 6) is 0.724. The van der Waals surface area contributed by atoms with Gasteiger partial charge >= 0.3 is 0 Å². The second-order valence-electron chi connectivity index (χ2n) is 5.24. The number of piperidine rings is 1. The number of hydrogen-bond donors (Lipinski definition) is 3. The van der Waals surface area contributed by atoms with E-state index in [4.69, 9.17) is 5.73 Å². The number of thiazole rings is 1. The van der Waals surface area contributed by atoms with Gasteiger partial charge in [-0.25, -0.2) is 4.98 Å². The molecule has 7 heteroatoms. The number of amides is 1. The number of nitrogen functional groups attached to an aromatic ring is 1. The van der Waals surface area contributed by atoms with Crippen molar-refractivity contribution in [1.82, 2.24) is 15.2 Å². The summed E-state index contributed by atoms with van der Waals surface area (Å²) in [6, 6.07) is 0. The minimum Gasteiger partial charge on any atom is -0.382 e. The van der Waals surface area contributed by atoms with Crippen molar-refractivity contribution in [2.24, 2.45) is 5.92 Å². The van der Waals surface area contributed by atoms with Gasteiger partial charge in [0.05, 0.1) is 0 Å². The average Bonchev–Trinajstić information content (AvgIpc) is 2.78. The fourth-order valence-corrected chi connectivity index (χ4v) is 3.35. The first-order valence-corrected chi connectivity index (χ1v) is 7.88. The van der Waals surface area contributed by atoms with Crippen LogP contribution in [0.25, 0.3) is 0 Å². The third-order valence-electron chi connectivity index (χ3n) is 3.46. The van der Waals surface area contributed by atoms with E-state index in [9.17, 15) is 4.79 Å². The second-order valence-corrected chi connectivity index (χ2v) is 6.24. The monoisotopic (exact) mass is 297 g/mol. The van der Waals surface area contributed by atoms with E-state index in [0.717, 1.165) is 19.6 Å². The summed E-state index contributed by atoms with van der Waals surface area (Å²) in [6.07, 6.45) is 2.37. The molecule has 1 aliphatic rings.